The van der Waals surface area contributed by atoms with Crippen molar-refractivity contribution in [3.8, 4) is 0 Å². The summed E-state index contributed by atoms with van der Waals surface area (Å²) in [4.78, 5) is 2.51. The first-order valence-electron chi connectivity index (χ1n) is 5.25. The van der Waals surface area contributed by atoms with Gasteiger partial charge in [-0.2, -0.15) is 0 Å². The molecule has 0 aromatic heterocycles. The van der Waals surface area contributed by atoms with Crippen LogP contribution >= 0.6 is 0 Å². The number of hydrogen-bond acceptors (Lipinski definition) is 2. The molecule has 2 heteroatoms. The van der Waals surface area contributed by atoms with Crippen LogP contribution in [-0.4, -0.2) is 37.7 Å². The Hall–Kier alpha value is -0.340. The first kappa shape index (κ1) is 10.7. The van der Waals surface area contributed by atoms with E-state index in [9.17, 15) is 0 Å². The summed E-state index contributed by atoms with van der Waals surface area (Å²) in [6.45, 7) is 7.62. The fourth-order valence-electron chi connectivity index (χ4n) is 2.06. The molecule has 1 aliphatic heterocycles. The molecule has 0 radical (unpaired) electrons. The van der Waals surface area contributed by atoms with E-state index in [-0.39, 0.29) is 0 Å². The standard InChI is InChI=1S/C11H21NO/c1-4-10-6-8-12(5-2)11(10)7-9-13-3/h6,11H,4-5,7-9H2,1-3H3. The molecule has 0 N–H and O–H groups in total. The maximum atomic E-state index is 5.14. The summed E-state index contributed by atoms with van der Waals surface area (Å²) in [6, 6.07) is 0.648. The van der Waals surface area contributed by atoms with E-state index in [0.29, 0.717) is 6.04 Å². The number of hydrogen-bond donors (Lipinski definition) is 0. The SMILES string of the molecule is CCC1=CCN(CC)C1CCOC. The summed E-state index contributed by atoms with van der Waals surface area (Å²) in [6.07, 6.45) is 4.71. The van der Waals surface area contributed by atoms with Gasteiger partial charge in [0, 0.05) is 26.3 Å². The molecule has 13 heavy (non-hydrogen) atoms. The third-order valence-electron chi connectivity index (χ3n) is 2.87. The quantitative estimate of drug-likeness (QED) is 0.605. The molecule has 0 bridgehead atoms. The lowest BCUT2D eigenvalue weighted by molar-refractivity contribution is 0.160. The monoisotopic (exact) mass is 183 g/mol. The molecule has 0 aliphatic carbocycles. The van der Waals surface area contributed by atoms with Gasteiger partial charge in [-0.25, -0.2) is 0 Å². The average molecular weight is 183 g/mol. The molecule has 0 fully saturated rings. The Morgan fingerprint density at radius 1 is 1.54 bits per heavy atom. The van der Waals surface area contributed by atoms with Crippen LogP contribution in [0.5, 0.6) is 0 Å². The summed E-state index contributed by atoms with van der Waals surface area (Å²) in [5, 5.41) is 0. The first-order chi connectivity index (χ1) is 6.33. The highest BCUT2D eigenvalue weighted by atomic mass is 16.5. The van der Waals surface area contributed by atoms with Crippen molar-refractivity contribution >= 4 is 0 Å². The topological polar surface area (TPSA) is 12.5 Å². The van der Waals surface area contributed by atoms with Gasteiger partial charge in [0.05, 0.1) is 0 Å². The van der Waals surface area contributed by atoms with Gasteiger partial charge in [0.2, 0.25) is 0 Å². The van der Waals surface area contributed by atoms with Crippen molar-refractivity contribution in [3.63, 3.8) is 0 Å². The van der Waals surface area contributed by atoms with E-state index >= 15 is 0 Å². The Kier molecular flexibility index (Phi) is 4.46. The predicted molar refractivity (Wildman–Crippen MR) is 55.9 cm³/mol. The molecule has 2 nitrogen and oxygen atoms in total. The lowest BCUT2D eigenvalue weighted by Gasteiger charge is -2.25. The van der Waals surface area contributed by atoms with E-state index in [1.54, 1.807) is 12.7 Å². The molecule has 0 saturated heterocycles. The van der Waals surface area contributed by atoms with Gasteiger partial charge in [0.1, 0.15) is 0 Å². The predicted octanol–water partition coefficient (Wildman–Crippen LogP) is 2.06. The van der Waals surface area contributed by atoms with Gasteiger partial charge in [0.15, 0.2) is 0 Å². The van der Waals surface area contributed by atoms with Crippen molar-refractivity contribution in [1.82, 2.24) is 4.90 Å². The molecule has 0 aromatic carbocycles. The summed E-state index contributed by atoms with van der Waals surface area (Å²) in [5.74, 6) is 0. The fraction of sp³-hybridized carbons (Fsp3) is 0.818. The molecule has 0 aromatic rings. The molecular weight excluding hydrogens is 162 g/mol. The first-order valence-corrected chi connectivity index (χ1v) is 5.25. The molecule has 0 amide bonds. The van der Waals surface area contributed by atoms with Gasteiger partial charge in [0.25, 0.3) is 0 Å². The zero-order chi connectivity index (χ0) is 9.68. The Balaban J connectivity index is 2.48. The van der Waals surface area contributed by atoms with Crippen LogP contribution in [0.1, 0.15) is 26.7 Å². The van der Waals surface area contributed by atoms with Gasteiger partial charge >= 0.3 is 0 Å². The van der Waals surface area contributed by atoms with E-state index in [0.717, 1.165) is 26.1 Å². The Bertz CT molecular complexity index is 177. The lowest BCUT2D eigenvalue weighted by Crippen LogP contribution is -2.32. The molecule has 76 valence electrons. The number of rotatable bonds is 5. The van der Waals surface area contributed by atoms with Gasteiger partial charge < -0.3 is 4.74 Å². The van der Waals surface area contributed by atoms with E-state index in [4.69, 9.17) is 4.74 Å². The Labute approximate surface area is 81.6 Å². The van der Waals surface area contributed by atoms with Gasteiger partial charge in [-0.3, -0.25) is 4.90 Å². The summed E-state index contributed by atoms with van der Waals surface area (Å²) in [5.41, 5.74) is 1.60. The Morgan fingerprint density at radius 3 is 2.85 bits per heavy atom. The van der Waals surface area contributed by atoms with Crippen LogP contribution in [0.4, 0.5) is 0 Å². The van der Waals surface area contributed by atoms with E-state index in [2.05, 4.69) is 24.8 Å². The van der Waals surface area contributed by atoms with Crippen molar-refractivity contribution in [2.24, 2.45) is 0 Å². The molecule has 0 saturated carbocycles. The van der Waals surface area contributed by atoms with Crippen molar-refractivity contribution in [2.45, 2.75) is 32.7 Å². The lowest BCUT2D eigenvalue weighted by atomic mass is 10.0. The number of methoxy groups -OCH3 is 1. The minimum atomic E-state index is 0.648. The van der Waals surface area contributed by atoms with Crippen molar-refractivity contribution in [2.75, 3.05) is 26.8 Å². The van der Waals surface area contributed by atoms with E-state index in [1.807, 2.05) is 0 Å². The highest BCUT2D eigenvalue weighted by molar-refractivity contribution is 5.17. The molecule has 1 unspecified atom stereocenters. The zero-order valence-electron chi connectivity index (χ0n) is 9.05. The zero-order valence-corrected chi connectivity index (χ0v) is 9.05. The maximum absolute atomic E-state index is 5.14. The smallest absolute Gasteiger partial charge is 0.0480 e. The molecule has 0 spiro atoms. The molecule has 1 atom stereocenters. The minimum Gasteiger partial charge on any atom is -0.385 e. The second kappa shape index (κ2) is 5.40. The van der Waals surface area contributed by atoms with Crippen LogP contribution in [0.2, 0.25) is 0 Å². The Morgan fingerprint density at radius 2 is 2.31 bits per heavy atom. The van der Waals surface area contributed by atoms with Crippen molar-refractivity contribution in [1.29, 1.82) is 0 Å². The second-order valence-corrected chi connectivity index (χ2v) is 3.52. The average Bonchev–Trinajstić information content (AvgIpc) is 2.56. The largest absolute Gasteiger partial charge is 0.385 e. The normalized spacial score (nSPS) is 23.6. The van der Waals surface area contributed by atoms with Gasteiger partial charge in [-0.05, 0) is 19.4 Å². The number of likely N-dealkylation sites (N-methyl/N-ethyl adjacent to an activating group) is 1. The summed E-state index contributed by atoms with van der Waals surface area (Å²) in [7, 11) is 1.78. The van der Waals surface area contributed by atoms with Crippen LogP contribution in [0.3, 0.4) is 0 Å². The van der Waals surface area contributed by atoms with Crippen LogP contribution in [0, 0.1) is 0 Å². The van der Waals surface area contributed by atoms with Gasteiger partial charge in [-0.15, -0.1) is 0 Å². The van der Waals surface area contributed by atoms with Crippen LogP contribution < -0.4 is 0 Å². The van der Waals surface area contributed by atoms with Crippen molar-refractivity contribution in [3.05, 3.63) is 11.6 Å². The van der Waals surface area contributed by atoms with Crippen LogP contribution in [0.25, 0.3) is 0 Å². The second-order valence-electron chi connectivity index (χ2n) is 3.52. The molecule has 1 heterocycles. The highest BCUT2D eigenvalue weighted by Gasteiger charge is 2.23. The molecule has 1 rings (SSSR count). The summed E-state index contributed by atoms with van der Waals surface area (Å²) >= 11 is 0. The van der Waals surface area contributed by atoms with E-state index < -0.39 is 0 Å². The van der Waals surface area contributed by atoms with Gasteiger partial charge in [-0.1, -0.05) is 25.5 Å². The minimum absolute atomic E-state index is 0.648. The maximum Gasteiger partial charge on any atom is 0.0480 e. The van der Waals surface area contributed by atoms with Crippen molar-refractivity contribution < 1.29 is 4.74 Å². The fourth-order valence-corrected chi connectivity index (χ4v) is 2.06. The molecule has 1 aliphatic rings. The third kappa shape index (κ3) is 2.55. The summed E-state index contributed by atoms with van der Waals surface area (Å²) < 4.78 is 5.14. The van der Waals surface area contributed by atoms with Crippen LogP contribution in [-0.2, 0) is 4.74 Å². The highest BCUT2D eigenvalue weighted by Crippen LogP contribution is 2.23. The number of ether oxygens (including phenoxy) is 1. The number of nitrogens with zero attached hydrogens (tertiary/aromatic N) is 1. The third-order valence-corrected chi connectivity index (χ3v) is 2.87. The van der Waals surface area contributed by atoms with E-state index in [1.165, 1.54) is 6.42 Å². The van der Waals surface area contributed by atoms with Crippen LogP contribution in [0.15, 0.2) is 11.6 Å². The molecular formula is C11H21NO.